The van der Waals surface area contributed by atoms with Crippen LogP contribution in [0.2, 0.25) is 0 Å². The van der Waals surface area contributed by atoms with Crippen LogP contribution >= 0.6 is 11.3 Å². The largest absolute Gasteiger partial charge is 0.330 e. The van der Waals surface area contributed by atoms with Gasteiger partial charge in [0.25, 0.3) is 0 Å². The molecule has 0 aromatic carbocycles. The molecule has 3 N–H and O–H groups in total. The number of aromatic nitrogens is 1. The minimum Gasteiger partial charge on any atom is -0.330 e. The van der Waals surface area contributed by atoms with Crippen LogP contribution in [0, 0.1) is 11.3 Å². The van der Waals surface area contributed by atoms with Crippen molar-refractivity contribution in [2.75, 3.05) is 11.9 Å². The van der Waals surface area contributed by atoms with Crippen LogP contribution in [0.25, 0.3) is 0 Å². The van der Waals surface area contributed by atoms with Crippen molar-refractivity contribution in [2.45, 2.75) is 59.8 Å². The van der Waals surface area contributed by atoms with E-state index in [0.29, 0.717) is 29.9 Å². The monoisotopic (exact) mass is 311 g/mol. The molecule has 4 nitrogen and oxygen atoms in total. The molecule has 0 bridgehead atoms. The number of hydrogen-bond acceptors (Lipinski definition) is 4. The van der Waals surface area contributed by atoms with Gasteiger partial charge >= 0.3 is 0 Å². The Labute approximate surface area is 132 Å². The predicted octanol–water partition coefficient (Wildman–Crippen LogP) is 4.00. The van der Waals surface area contributed by atoms with E-state index in [1.54, 1.807) is 0 Å². The standard InChI is InChI=1S/C16H29N3OS/c1-11(2)13-10-21-15(18-13)19-14(20)7-6-12(8-9-17)16(3,4)5/h10-12H,6-9,17H2,1-5H3,(H,18,19,20). The quantitative estimate of drug-likeness (QED) is 0.800. The lowest BCUT2D eigenvalue weighted by atomic mass is 9.76. The Balaban J connectivity index is 2.49. The molecule has 120 valence electrons. The molecule has 21 heavy (non-hydrogen) atoms. The van der Waals surface area contributed by atoms with Crippen LogP contribution in [0.5, 0.6) is 0 Å². The number of nitrogens with two attached hydrogens (primary N) is 1. The Hall–Kier alpha value is -0.940. The second-order valence-electron chi connectivity index (χ2n) is 6.96. The summed E-state index contributed by atoms with van der Waals surface area (Å²) in [6.45, 7) is 11.5. The Morgan fingerprint density at radius 3 is 2.52 bits per heavy atom. The van der Waals surface area contributed by atoms with Gasteiger partial charge in [0.1, 0.15) is 0 Å². The van der Waals surface area contributed by atoms with Gasteiger partial charge in [0.2, 0.25) is 5.91 Å². The zero-order valence-electron chi connectivity index (χ0n) is 13.9. The number of hydrogen-bond donors (Lipinski definition) is 2. The van der Waals surface area contributed by atoms with E-state index in [0.717, 1.165) is 18.5 Å². The number of nitrogens with zero attached hydrogens (tertiary/aromatic N) is 1. The molecule has 0 fully saturated rings. The van der Waals surface area contributed by atoms with E-state index in [2.05, 4.69) is 44.9 Å². The molecule has 0 radical (unpaired) electrons. The lowest BCUT2D eigenvalue weighted by Crippen LogP contribution is -2.25. The maximum atomic E-state index is 12.1. The third-order valence-corrected chi connectivity index (χ3v) is 4.60. The highest BCUT2D eigenvalue weighted by molar-refractivity contribution is 7.13. The minimum absolute atomic E-state index is 0.0472. The van der Waals surface area contributed by atoms with E-state index >= 15 is 0 Å². The van der Waals surface area contributed by atoms with Gasteiger partial charge in [-0.05, 0) is 36.6 Å². The highest BCUT2D eigenvalue weighted by Crippen LogP contribution is 2.32. The van der Waals surface area contributed by atoms with Crippen LogP contribution in [-0.2, 0) is 4.79 Å². The van der Waals surface area contributed by atoms with Gasteiger partial charge in [0.15, 0.2) is 5.13 Å². The molecule has 0 saturated carbocycles. The normalized spacial score (nSPS) is 13.5. The van der Waals surface area contributed by atoms with Crippen LogP contribution in [-0.4, -0.2) is 17.4 Å². The third kappa shape index (κ3) is 6.14. The van der Waals surface area contributed by atoms with Crippen LogP contribution in [0.3, 0.4) is 0 Å². The van der Waals surface area contributed by atoms with Crippen LogP contribution in [0.1, 0.15) is 65.5 Å². The Bertz CT molecular complexity index is 449. The average Bonchev–Trinajstić information content (AvgIpc) is 2.81. The van der Waals surface area contributed by atoms with E-state index < -0.39 is 0 Å². The fourth-order valence-corrected chi connectivity index (χ4v) is 3.20. The highest BCUT2D eigenvalue weighted by Gasteiger charge is 2.24. The summed E-state index contributed by atoms with van der Waals surface area (Å²) >= 11 is 1.49. The van der Waals surface area contributed by atoms with Gasteiger partial charge in [0.05, 0.1) is 5.69 Å². The van der Waals surface area contributed by atoms with E-state index in [1.807, 2.05) is 5.38 Å². The molecule has 0 saturated heterocycles. The van der Waals surface area contributed by atoms with Crippen LogP contribution < -0.4 is 11.1 Å². The van der Waals surface area contributed by atoms with Gasteiger partial charge in [0, 0.05) is 11.8 Å². The molecule has 1 atom stereocenters. The number of thiazole rings is 1. The first-order valence-electron chi connectivity index (χ1n) is 7.69. The van der Waals surface area contributed by atoms with Gasteiger partial charge < -0.3 is 11.1 Å². The summed E-state index contributed by atoms with van der Waals surface area (Å²) in [5, 5.41) is 5.61. The Morgan fingerprint density at radius 1 is 1.38 bits per heavy atom. The van der Waals surface area contributed by atoms with Crippen molar-refractivity contribution in [1.82, 2.24) is 4.98 Å². The van der Waals surface area contributed by atoms with E-state index in [9.17, 15) is 4.79 Å². The maximum Gasteiger partial charge on any atom is 0.226 e. The molecule has 5 heteroatoms. The molecular weight excluding hydrogens is 282 g/mol. The number of anilines is 1. The SMILES string of the molecule is CC(C)c1csc(NC(=O)CCC(CCN)C(C)(C)C)n1. The summed E-state index contributed by atoms with van der Waals surface area (Å²) in [7, 11) is 0. The minimum atomic E-state index is 0.0472. The second-order valence-corrected chi connectivity index (χ2v) is 7.82. The predicted molar refractivity (Wildman–Crippen MR) is 90.7 cm³/mol. The first kappa shape index (κ1) is 18.1. The molecule has 1 rings (SSSR count). The van der Waals surface area contributed by atoms with Crippen LogP contribution in [0.4, 0.5) is 5.13 Å². The summed E-state index contributed by atoms with van der Waals surface area (Å²) in [5.41, 5.74) is 6.90. The molecule has 1 heterocycles. The maximum absolute atomic E-state index is 12.1. The van der Waals surface area contributed by atoms with Crippen molar-refractivity contribution >= 4 is 22.4 Å². The summed E-state index contributed by atoms with van der Waals surface area (Å²) in [6, 6.07) is 0. The molecule has 0 aliphatic heterocycles. The van der Waals surface area contributed by atoms with Gasteiger partial charge in [-0.2, -0.15) is 0 Å². The van der Waals surface area contributed by atoms with Crippen molar-refractivity contribution in [1.29, 1.82) is 0 Å². The average molecular weight is 311 g/mol. The first-order chi connectivity index (χ1) is 9.74. The fraction of sp³-hybridized carbons (Fsp3) is 0.750. The molecule has 1 unspecified atom stereocenters. The van der Waals surface area contributed by atoms with Gasteiger partial charge in [-0.1, -0.05) is 34.6 Å². The van der Waals surface area contributed by atoms with E-state index in [1.165, 1.54) is 11.3 Å². The molecule has 0 aliphatic rings. The van der Waals surface area contributed by atoms with Gasteiger partial charge in [-0.15, -0.1) is 11.3 Å². The topological polar surface area (TPSA) is 68.0 Å². The van der Waals surface area contributed by atoms with Crippen molar-refractivity contribution in [2.24, 2.45) is 17.1 Å². The van der Waals surface area contributed by atoms with Crippen molar-refractivity contribution in [3.63, 3.8) is 0 Å². The zero-order valence-corrected chi connectivity index (χ0v) is 14.7. The van der Waals surface area contributed by atoms with Crippen molar-refractivity contribution in [3.8, 4) is 0 Å². The lowest BCUT2D eigenvalue weighted by Gasteiger charge is -2.30. The molecule has 0 spiro atoms. The number of nitrogens with one attached hydrogen (secondary N) is 1. The van der Waals surface area contributed by atoms with Crippen molar-refractivity contribution in [3.05, 3.63) is 11.1 Å². The highest BCUT2D eigenvalue weighted by atomic mass is 32.1. The Kier molecular flexibility index (Phi) is 6.81. The zero-order chi connectivity index (χ0) is 16.0. The molecule has 0 aliphatic carbocycles. The van der Waals surface area contributed by atoms with Crippen LogP contribution in [0.15, 0.2) is 5.38 Å². The molecular formula is C16H29N3OS. The third-order valence-electron chi connectivity index (χ3n) is 3.82. The summed E-state index contributed by atoms with van der Waals surface area (Å²) in [6.07, 6.45) is 2.36. The summed E-state index contributed by atoms with van der Waals surface area (Å²) < 4.78 is 0. The van der Waals surface area contributed by atoms with Gasteiger partial charge in [-0.25, -0.2) is 4.98 Å². The second kappa shape index (κ2) is 7.90. The van der Waals surface area contributed by atoms with Crippen molar-refractivity contribution < 1.29 is 4.79 Å². The summed E-state index contributed by atoms with van der Waals surface area (Å²) in [5.74, 6) is 0.906. The van der Waals surface area contributed by atoms with Gasteiger partial charge in [-0.3, -0.25) is 4.79 Å². The molecule has 1 aromatic heterocycles. The number of carbonyl (C=O) groups excluding carboxylic acids is 1. The Morgan fingerprint density at radius 2 is 2.05 bits per heavy atom. The van der Waals surface area contributed by atoms with E-state index in [-0.39, 0.29) is 11.3 Å². The fourth-order valence-electron chi connectivity index (χ4n) is 2.31. The molecule has 1 aromatic rings. The smallest absolute Gasteiger partial charge is 0.226 e. The lowest BCUT2D eigenvalue weighted by molar-refractivity contribution is -0.116. The number of carbonyl (C=O) groups is 1. The number of amides is 1. The summed E-state index contributed by atoms with van der Waals surface area (Å²) in [4.78, 5) is 16.5. The number of rotatable bonds is 7. The first-order valence-corrected chi connectivity index (χ1v) is 8.57. The molecule has 1 amide bonds. The van der Waals surface area contributed by atoms with E-state index in [4.69, 9.17) is 5.73 Å².